The van der Waals surface area contributed by atoms with Crippen LogP contribution < -0.4 is 5.32 Å². The minimum atomic E-state index is 0.748. The van der Waals surface area contributed by atoms with Crippen molar-refractivity contribution in [2.75, 3.05) is 11.9 Å². The van der Waals surface area contributed by atoms with Gasteiger partial charge in [0.1, 0.15) is 6.07 Å². The van der Waals surface area contributed by atoms with E-state index in [1.165, 1.54) is 25.7 Å². The second kappa shape index (κ2) is 5.72. The van der Waals surface area contributed by atoms with E-state index in [4.69, 9.17) is 5.26 Å². The average molecular weight is 228 g/mol. The predicted molar refractivity (Wildman–Crippen MR) is 70.8 cm³/mol. The number of nitrogens with one attached hydrogen (secondary N) is 1. The number of anilines is 1. The number of nitriles is 1. The fourth-order valence-corrected chi connectivity index (χ4v) is 2.36. The average Bonchev–Trinajstić information content (AvgIpc) is 3.13. The molecule has 0 spiro atoms. The molecule has 2 heteroatoms. The molecule has 17 heavy (non-hydrogen) atoms. The van der Waals surface area contributed by atoms with Crippen molar-refractivity contribution in [3.8, 4) is 6.07 Å². The first-order valence-corrected chi connectivity index (χ1v) is 6.58. The zero-order valence-electron chi connectivity index (χ0n) is 10.4. The summed E-state index contributed by atoms with van der Waals surface area (Å²) in [6.45, 7) is 3.27. The lowest BCUT2D eigenvalue weighted by Gasteiger charge is -2.07. The van der Waals surface area contributed by atoms with Crippen LogP contribution in [0.15, 0.2) is 24.3 Å². The molecule has 0 aliphatic heterocycles. The molecule has 2 nitrogen and oxygen atoms in total. The van der Waals surface area contributed by atoms with Crippen molar-refractivity contribution < 1.29 is 0 Å². The molecular weight excluding hydrogens is 208 g/mol. The van der Waals surface area contributed by atoms with Gasteiger partial charge < -0.3 is 5.32 Å². The van der Waals surface area contributed by atoms with Crippen molar-refractivity contribution in [1.29, 1.82) is 5.26 Å². The van der Waals surface area contributed by atoms with Gasteiger partial charge in [0.25, 0.3) is 0 Å². The van der Waals surface area contributed by atoms with Gasteiger partial charge in [0, 0.05) is 6.54 Å². The van der Waals surface area contributed by atoms with E-state index < -0.39 is 0 Å². The summed E-state index contributed by atoms with van der Waals surface area (Å²) in [6.07, 6.45) is 5.40. The standard InChI is InChI=1S/C15H20N2/c1-2-3-6-12-9-14(12)11-17-15-8-5-4-7-13(15)10-16/h4-5,7-8,12,14,17H,2-3,6,9,11H2,1H3. The fraction of sp³-hybridized carbons (Fsp3) is 0.533. The lowest BCUT2D eigenvalue weighted by atomic mass is 10.1. The molecule has 1 aromatic carbocycles. The maximum atomic E-state index is 8.98. The third-order valence-corrected chi connectivity index (χ3v) is 3.60. The molecule has 0 saturated heterocycles. The normalized spacial score (nSPS) is 21.9. The largest absolute Gasteiger partial charge is 0.384 e. The van der Waals surface area contributed by atoms with E-state index >= 15 is 0 Å². The van der Waals surface area contributed by atoms with Gasteiger partial charge in [-0.2, -0.15) is 5.26 Å². The molecule has 0 radical (unpaired) electrons. The molecule has 0 bridgehead atoms. The Bertz CT molecular complexity index is 406. The fourth-order valence-electron chi connectivity index (χ4n) is 2.36. The molecule has 1 aromatic rings. The minimum Gasteiger partial charge on any atom is -0.384 e. The van der Waals surface area contributed by atoms with E-state index in [0.29, 0.717) is 0 Å². The first-order chi connectivity index (χ1) is 8.35. The van der Waals surface area contributed by atoms with Gasteiger partial charge in [-0.25, -0.2) is 0 Å². The summed E-state index contributed by atoms with van der Waals surface area (Å²) in [4.78, 5) is 0. The summed E-state index contributed by atoms with van der Waals surface area (Å²) in [6, 6.07) is 9.96. The highest BCUT2D eigenvalue weighted by Gasteiger charge is 2.35. The van der Waals surface area contributed by atoms with Crippen molar-refractivity contribution in [3.63, 3.8) is 0 Å². The molecule has 1 saturated carbocycles. The Hall–Kier alpha value is -1.49. The van der Waals surface area contributed by atoms with Gasteiger partial charge in [-0.3, -0.25) is 0 Å². The number of unbranched alkanes of at least 4 members (excludes halogenated alkanes) is 1. The molecule has 1 aliphatic rings. The van der Waals surface area contributed by atoms with Gasteiger partial charge in [0.15, 0.2) is 0 Å². The van der Waals surface area contributed by atoms with Crippen LogP contribution in [0.1, 0.15) is 38.2 Å². The minimum absolute atomic E-state index is 0.748. The Balaban J connectivity index is 1.78. The highest BCUT2D eigenvalue weighted by molar-refractivity contribution is 5.57. The molecule has 2 unspecified atom stereocenters. The smallest absolute Gasteiger partial charge is 0.101 e. The third kappa shape index (κ3) is 3.23. The molecule has 1 N–H and O–H groups in total. The molecule has 0 aromatic heterocycles. The molecule has 0 amide bonds. The summed E-state index contributed by atoms with van der Waals surface area (Å²) in [5, 5.41) is 12.4. The number of benzene rings is 1. The Labute approximate surface area is 104 Å². The topological polar surface area (TPSA) is 35.8 Å². The quantitative estimate of drug-likeness (QED) is 0.804. The van der Waals surface area contributed by atoms with Crippen molar-refractivity contribution in [1.82, 2.24) is 0 Å². The van der Waals surface area contributed by atoms with E-state index in [-0.39, 0.29) is 0 Å². The van der Waals surface area contributed by atoms with E-state index in [0.717, 1.165) is 29.6 Å². The Morgan fingerprint density at radius 2 is 2.18 bits per heavy atom. The Kier molecular flexibility index (Phi) is 4.03. The van der Waals surface area contributed by atoms with Gasteiger partial charge in [0.2, 0.25) is 0 Å². The highest BCUT2D eigenvalue weighted by Crippen LogP contribution is 2.42. The number of hydrogen-bond acceptors (Lipinski definition) is 2. The first kappa shape index (κ1) is 12.0. The van der Waals surface area contributed by atoms with Crippen LogP contribution >= 0.6 is 0 Å². The molecular formula is C15H20N2. The lowest BCUT2D eigenvalue weighted by Crippen LogP contribution is -2.06. The van der Waals surface area contributed by atoms with E-state index in [2.05, 4.69) is 18.3 Å². The van der Waals surface area contributed by atoms with Crippen LogP contribution in [0.5, 0.6) is 0 Å². The monoisotopic (exact) mass is 228 g/mol. The summed E-state index contributed by atoms with van der Waals surface area (Å²) in [7, 11) is 0. The number of nitrogens with zero attached hydrogens (tertiary/aromatic N) is 1. The lowest BCUT2D eigenvalue weighted by molar-refractivity contribution is 0.612. The SMILES string of the molecule is CCCCC1CC1CNc1ccccc1C#N. The van der Waals surface area contributed by atoms with Crippen LogP contribution in [0.25, 0.3) is 0 Å². The van der Waals surface area contributed by atoms with Crippen LogP contribution in [0, 0.1) is 23.2 Å². The summed E-state index contributed by atoms with van der Waals surface area (Å²) < 4.78 is 0. The third-order valence-electron chi connectivity index (χ3n) is 3.60. The zero-order chi connectivity index (χ0) is 12.1. The Morgan fingerprint density at radius 3 is 2.94 bits per heavy atom. The van der Waals surface area contributed by atoms with Crippen LogP contribution in [0.4, 0.5) is 5.69 Å². The van der Waals surface area contributed by atoms with Crippen molar-refractivity contribution >= 4 is 5.69 Å². The van der Waals surface area contributed by atoms with Gasteiger partial charge >= 0.3 is 0 Å². The van der Waals surface area contributed by atoms with Crippen LogP contribution in [-0.4, -0.2) is 6.54 Å². The number of rotatable bonds is 6. The predicted octanol–water partition coefficient (Wildman–Crippen LogP) is 3.80. The van der Waals surface area contributed by atoms with Gasteiger partial charge in [-0.1, -0.05) is 38.3 Å². The second-order valence-corrected chi connectivity index (χ2v) is 4.94. The van der Waals surface area contributed by atoms with E-state index in [1.54, 1.807) is 0 Å². The summed E-state index contributed by atoms with van der Waals surface area (Å²) in [5.41, 5.74) is 1.73. The molecule has 0 heterocycles. The molecule has 1 fully saturated rings. The van der Waals surface area contributed by atoms with Crippen molar-refractivity contribution in [2.45, 2.75) is 32.6 Å². The van der Waals surface area contributed by atoms with Crippen molar-refractivity contribution in [3.05, 3.63) is 29.8 Å². The maximum Gasteiger partial charge on any atom is 0.101 e. The number of hydrogen-bond donors (Lipinski definition) is 1. The van der Waals surface area contributed by atoms with Crippen LogP contribution in [0.3, 0.4) is 0 Å². The van der Waals surface area contributed by atoms with Crippen molar-refractivity contribution in [2.24, 2.45) is 11.8 Å². The zero-order valence-corrected chi connectivity index (χ0v) is 10.4. The Morgan fingerprint density at radius 1 is 1.35 bits per heavy atom. The molecule has 90 valence electrons. The maximum absolute atomic E-state index is 8.98. The second-order valence-electron chi connectivity index (χ2n) is 4.94. The first-order valence-electron chi connectivity index (χ1n) is 6.58. The molecule has 1 aliphatic carbocycles. The van der Waals surface area contributed by atoms with Gasteiger partial charge in [-0.05, 0) is 30.4 Å². The van der Waals surface area contributed by atoms with E-state index in [9.17, 15) is 0 Å². The number of para-hydroxylation sites is 1. The highest BCUT2D eigenvalue weighted by atomic mass is 14.9. The van der Waals surface area contributed by atoms with Crippen LogP contribution in [-0.2, 0) is 0 Å². The van der Waals surface area contributed by atoms with Gasteiger partial charge in [0.05, 0.1) is 11.3 Å². The van der Waals surface area contributed by atoms with Gasteiger partial charge in [-0.15, -0.1) is 0 Å². The molecule has 2 rings (SSSR count). The van der Waals surface area contributed by atoms with Crippen LogP contribution in [0.2, 0.25) is 0 Å². The molecule has 2 atom stereocenters. The van der Waals surface area contributed by atoms with E-state index in [1.807, 2.05) is 24.3 Å². The summed E-state index contributed by atoms with van der Waals surface area (Å²) in [5.74, 6) is 1.75. The summed E-state index contributed by atoms with van der Waals surface area (Å²) >= 11 is 0.